The molecule has 0 saturated heterocycles. The number of fused-ring (bicyclic) bond motifs is 1. The summed E-state index contributed by atoms with van der Waals surface area (Å²) in [5.41, 5.74) is 9.67. The Kier molecular flexibility index (Phi) is 3.61. The van der Waals surface area contributed by atoms with Gasteiger partial charge in [-0.05, 0) is 50.3 Å². The predicted octanol–water partition coefficient (Wildman–Crippen LogP) is 3.91. The maximum absolute atomic E-state index is 6.32. The number of hydrogen-bond acceptors (Lipinski definition) is 2. The second-order valence-electron chi connectivity index (χ2n) is 5.87. The third-order valence-electron chi connectivity index (χ3n) is 4.09. The van der Waals surface area contributed by atoms with Crippen LogP contribution in [0.15, 0.2) is 12.1 Å². The van der Waals surface area contributed by atoms with Gasteiger partial charge in [0.15, 0.2) is 0 Å². The Morgan fingerprint density at radius 1 is 1.44 bits per heavy atom. The molecule has 2 rings (SSSR count). The SMILES string of the molecule is CCN1c2cc(Cl)c(CN)cc2C(C)CC1(C)C. The van der Waals surface area contributed by atoms with Crippen LogP contribution >= 0.6 is 11.6 Å². The topological polar surface area (TPSA) is 29.3 Å². The number of anilines is 1. The first-order valence-electron chi connectivity index (χ1n) is 6.70. The van der Waals surface area contributed by atoms with Crippen LogP contribution in [0, 0.1) is 0 Å². The summed E-state index contributed by atoms with van der Waals surface area (Å²) >= 11 is 6.32. The minimum absolute atomic E-state index is 0.189. The van der Waals surface area contributed by atoms with Crippen LogP contribution in [0.2, 0.25) is 5.02 Å². The van der Waals surface area contributed by atoms with Crippen LogP contribution in [0.25, 0.3) is 0 Å². The van der Waals surface area contributed by atoms with Crippen LogP contribution in [-0.4, -0.2) is 12.1 Å². The summed E-state index contributed by atoms with van der Waals surface area (Å²) < 4.78 is 0. The van der Waals surface area contributed by atoms with E-state index < -0.39 is 0 Å². The molecule has 1 aromatic rings. The van der Waals surface area contributed by atoms with Gasteiger partial charge in [-0.25, -0.2) is 0 Å². The maximum atomic E-state index is 6.32. The first-order chi connectivity index (χ1) is 8.40. The van der Waals surface area contributed by atoms with Crippen LogP contribution in [0.5, 0.6) is 0 Å². The number of benzene rings is 1. The van der Waals surface area contributed by atoms with Gasteiger partial charge < -0.3 is 10.6 Å². The molecule has 0 aliphatic carbocycles. The van der Waals surface area contributed by atoms with Gasteiger partial charge in [0.25, 0.3) is 0 Å². The van der Waals surface area contributed by atoms with Gasteiger partial charge in [0.2, 0.25) is 0 Å². The highest BCUT2D eigenvalue weighted by Gasteiger charge is 2.35. The standard InChI is InChI=1S/C15H23ClN2/c1-5-18-14-7-13(16)11(9-17)6-12(14)10(2)8-15(18,3)4/h6-7,10H,5,8-9,17H2,1-4H3. The first kappa shape index (κ1) is 13.7. The van der Waals surface area contributed by atoms with E-state index in [0.29, 0.717) is 12.5 Å². The summed E-state index contributed by atoms with van der Waals surface area (Å²) in [5.74, 6) is 0.556. The Balaban J connectivity index is 2.59. The van der Waals surface area contributed by atoms with Crippen molar-refractivity contribution in [2.45, 2.75) is 52.1 Å². The molecule has 0 amide bonds. The van der Waals surface area contributed by atoms with Gasteiger partial charge in [-0.3, -0.25) is 0 Å². The van der Waals surface area contributed by atoms with E-state index in [0.717, 1.165) is 17.1 Å². The Bertz CT molecular complexity index is 454. The maximum Gasteiger partial charge on any atom is 0.0471 e. The minimum atomic E-state index is 0.189. The molecule has 1 aliphatic heterocycles. The highest BCUT2D eigenvalue weighted by molar-refractivity contribution is 6.31. The summed E-state index contributed by atoms with van der Waals surface area (Å²) in [5, 5.41) is 0.791. The quantitative estimate of drug-likeness (QED) is 0.879. The van der Waals surface area contributed by atoms with Crippen molar-refractivity contribution >= 4 is 17.3 Å². The van der Waals surface area contributed by atoms with E-state index in [1.54, 1.807) is 0 Å². The first-order valence-corrected chi connectivity index (χ1v) is 7.08. The molecular weight excluding hydrogens is 244 g/mol. The fourth-order valence-electron chi connectivity index (χ4n) is 3.31. The molecule has 2 nitrogen and oxygen atoms in total. The number of halogens is 1. The third kappa shape index (κ3) is 2.12. The van der Waals surface area contributed by atoms with E-state index in [2.05, 4.69) is 44.7 Å². The van der Waals surface area contributed by atoms with Crippen molar-refractivity contribution in [1.29, 1.82) is 0 Å². The highest BCUT2D eigenvalue weighted by Crippen LogP contribution is 2.44. The number of rotatable bonds is 2. The molecule has 1 unspecified atom stereocenters. The summed E-state index contributed by atoms with van der Waals surface area (Å²) in [6.45, 7) is 10.6. The molecule has 1 heterocycles. The number of hydrogen-bond donors (Lipinski definition) is 1. The lowest BCUT2D eigenvalue weighted by atomic mass is 9.79. The Morgan fingerprint density at radius 2 is 2.11 bits per heavy atom. The molecule has 0 saturated carbocycles. The summed E-state index contributed by atoms with van der Waals surface area (Å²) in [4.78, 5) is 2.45. The Hall–Kier alpha value is -0.730. The molecule has 100 valence electrons. The van der Waals surface area contributed by atoms with Crippen LogP contribution in [0.1, 0.15) is 51.2 Å². The number of nitrogens with zero attached hydrogens (tertiary/aromatic N) is 1. The van der Waals surface area contributed by atoms with Crippen molar-refractivity contribution in [3.63, 3.8) is 0 Å². The summed E-state index contributed by atoms with van der Waals surface area (Å²) in [7, 11) is 0. The lowest BCUT2D eigenvalue weighted by Crippen LogP contribution is -2.48. The third-order valence-corrected chi connectivity index (χ3v) is 4.44. The molecule has 1 aliphatic rings. The molecular formula is C15H23ClN2. The molecule has 0 spiro atoms. The Morgan fingerprint density at radius 3 is 2.67 bits per heavy atom. The van der Waals surface area contributed by atoms with Gasteiger partial charge in [0, 0.05) is 29.3 Å². The van der Waals surface area contributed by atoms with Crippen molar-refractivity contribution in [2.24, 2.45) is 5.73 Å². The van der Waals surface area contributed by atoms with Crippen LogP contribution < -0.4 is 10.6 Å². The van der Waals surface area contributed by atoms with Gasteiger partial charge in [-0.2, -0.15) is 0 Å². The van der Waals surface area contributed by atoms with Crippen LogP contribution in [0.3, 0.4) is 0 Å². The molecule has 0 radical (unpaired) electrons. The lowest BCUT2D eigenvalue weighted by Gasteiger charge is -2.47. The molecule has 0 aromatic heterocycles. The van der Waals surface area contributed by atoms with Gasteiger partial charge in [-0.15, -0.1) is 0 Å². The second-order valence-corrected chi connectivity index (χ2v) is 6.28. The van der Waals surface area contributed by atoms with E-state index >= 15 is 0 Å². The predicted molar refractivity (Wildman–Crippen MR) is 79.5 cm³/mol. The van der Waals surface area contributed by atoms with E-state index in [4.69, 9.17) is 17.3 Å². The molecule has 2 N–H and O–H groups in total. The van der Waals surface area contributed by atoms with Crippen molar-refractivity contribution in [1.82, 2.24) is 0 Å². The summed E-state index contributed by atoms with van der Waals surface area (Å²) in [6, 6.07) is 4.29. The fraction of sp³-hybridized carbons (Fsp3) is 0.600. The molecule has 18 heavy (non-hydrogen) atoms. The second kappa shape index (κ2) is 4.75. The highest BCUT2D eigenvalue weighted by atomic mass is 35.5. The van der Waals surface area contributed by atoms with Gasteiger partial charge in [0.05, 0.1) is 0 Å². The average Bonchev–Trinajstić information content (AvgIpc) is 2.27. The average molecular weight is 267 g/mol. The smallest absolute Gasteiger partial charge is 0.0471 e. The largest absolute Gasteiger partial charge is 0.366 e. The van der Waals surface area contributed by atoms with Crippen molar-refractivity contribution < 1.29 is 0 Å². The molecule has 1 aromatic carbocycles. The van der Waals surface area contributed by atoms with Crippen LogP contribution in [-0.2, 0) is 6.54 Å². The Labute approximate surface area is 115 Å². The molecule has 3 heteroatoms. The monoisotopic (exact) mass is 266 g/mol. The van der Waals surface area contributed by atoms with E-state index in [-0.39, 0.29) is 5.54 Å². The zero-order chi connectivity index (χ0) is 13.5. The lowest BCUT2D eigenvalue weighted by molar-refractivity contribution is 0.381. The molecule has 0 fully saturated rings. The fourth-order valence-corrected chi connectivity index (χ4v) is 3.54. The van der Waals surface area contributed by atoms with Gasteiger partial charge in [-0.1, -0.05) is 24.6 Å². The molecule has 0 bridgehead atoms. The minimum Gasteiger partial charge on any atom is -0.366 e. The number of nitrogens with two attached hydrogens (primary N) is 1. The molecule has 1 atom stereocenters. The van der Waals surface area contributed by atoms with Gasteiger partial charge in [0.1, 0.15) is 0 Å². The van der Waals surface area contributed by atoms with Crippen molar-refractivity contribution in [3.05, 3.63) is 28.3 Å². The van der Waals surface area contributed by atoms with Crippen molar-refractivity contribution in [3.8, 4) is 0 Å². The zero-order valence-electron chi connectivity index (χ0n) is 11.8. The van der Waals surface area contributed by atoms with Gasteiger partial charge >= 0.3 is 0 Å². The van der Waals surface area contributed by atoms with Crippen molar-refractivity contribution in [2.75, 3.05) is 11.4 Å². The van der Waals surface area contributed by atoms with E-state index in [1.807, 2.05) is 0 Å². The zero-order valence-corrected chi connectivity index (χ0v) is 12.5. The van der Waals surface area contributed by atoms with Crippen LogP contribution in [0.4, 0.5) is 5.69 Å². The summed E-state index contributed by atoms with van der Waals surface area (Å²) in [6.07, 6.45) is 1.17. The van der Waals surface area contributed by atoms with E-state index in [1.165, 1.54) is 17.7 Å². The van der Waals surface area contributed by atoms with E-state index in [9.17, 15) is 0 Å². The normalized spacial score (nSPS) is 21.9.